The van der Waals surface area contributed by atoms with Gasteiger partial charge in [-0.2, -0.15) is 0 Å². The Morgan fingerprint density at radius 1 is 1.28 bits per heavy atom. The van der Waals surface area contributed by atoms with E-state index < -0.39 is 0 Å². The number of hydrogen-bond acceptors (Lipinski definition) is 4. The van der Waals surface area contributed by atoms with Gasteiger partial charge in [-0.25, -0.2) is 4.79 Å². The second-order valence-electron chi connectivity index (χ2n) is 3.36. The molecular formula is C12H14Cl2N2O2. The maximum Gasteiger partial charge on any atom is 0.340 e. The van der Waals surface area contributed by atoms with Crippen molar-refractivity contribution in [1.82, 2.24) is 4.98 Å². The maximum absolute atomic E-state index is 11.5. The summed E-state index contributed by atoms with van der Waals surface area (Å²) < 4.78 is 4.71. The standard InChI is InChI=1S/C12H12N2O2.2ClH/c1-16-12(15)10-7-14-11(6-13)9-5-3-2-4-8(9)10;;/h2-5,7H,6,13H2,1H3;2*1H. The third-order valence-corrected chi connectivity index (χ3v) is 2.48. The van der Waals surface area contributed by atoms with Crippen LogP contribution in [0.1, 0.15) is 16.1 Å². The minimum absolute atomic E-state index is 0. The van der Waals surface area contributed by atoms with Crippen molar-refractivity contribution in [3.05, 3.63) is 41.7 Å². The summed E-state index contributed by atoms with van der Waals surface area (Å²) in [6, 6.07) is 7.53. The van der Waals surface area contributed by atoms with Crippen molar-refractivity contribution in [3.8, 4) is 0 Å². The van der Waals surface area contributed by atoms with Crippen LogP contribution < -0.4 is 5.73 Å². The molecule has 0 aliphatic rings. The van der Waals surface area contributed by atoms with Crippen LogP contribution in [0.25, 0.3) is 10.8 Å². The van der Waals surface area contributed by atoms with Gasteiger partial charge < -0.3 is 10.5 Å². The van der Waals surface area contributed by atoms with E-state index in [1.54, 1.807) is 0 Å². The summed E-state index contributed by atoms with van der Waals surface area (Å²) in [5.41, 5.74) is 6.84. The van der Waals surface area contributed by atoms with Gasteiger partial charge in [-0.3, -0.25) is 4.98 Å². The Balaban J connectivity index is 0.00000144. The predicted molar refractivity (Wildman–Crippen MR) is 75.5 cm³/mol. The Morgan fingerprint density at radius 2 is 1.89 bits per heavy atom. The molecule has 1 heterocycles. The van der Waals surface area contributed by atoms with Crippen LogP contribution in [0, 0.1) is 0 Å². The third kappa shape index (κ3) is 2.90. The van der Waals surface area contributed by atoms with Crippen molar-refractivity contribution in [2.75, 3.05) is 7.11 Å². The smallest absolute Gasteiger partial charge is 0.340 e. The first kappa shape index (κ1) is 16.6. The minimum Gasteiger partial charge on any atom is -0.465 e. The molecule has 2 rings (SSSR count). The van der Waals surface area contributed by atoms with Gasteiger partial charge in [0.25, 0.3) is 0 Å². The first-order chi connectivity index (χ1) is 7.77. The van der Waals surface area contributed by atoms with E-state index in [4.69, 9.17) is 10.5 Å². The number of carbonyl (C=O) groups is 1. The van der Waals surface area contributed by atoms with Crippen LogP contribution in [0.4, 0.5) is 0 Å². The van der Waals surface area contributed by atoms with Crippen LogP contribution in [0.15, 0.2) is 30.5 Å². The zero-order chi connectivity index (χ0) is 11.5. The van der Waals surface area contributed by atoms with Crippen LogP contribution in [0.2, 0.25) is 0 Å². The third-order valence-electron chi connectivity index (χ3n) is 2.48. The fourth-order valence-corrected chi connectivity index (χ4v) is 1.69. The first-order valence-corrected chi connectivity index (χ1v) is 4.93. The zero-order valence-electron chi connectivity index (χ0n) is 9.75. The second-order valence-corrected chi connectivity index (χ2v) is 3.36. The molecule has 0 spiro atoms. The number of nitrogens with zero attached hydrogens (tertiary/aromatic N) is 1. The number of nitrogens with two attached hydrogens (primary N) is 1. The minimum atomic E-state index is -0.382. The molecule has 4 nitrogen and oxygen atoms in total. The number of carbonyl (C=O) groups excluding carboxylic acids is 1. The number of halogens is 2. The number of hydrogen-bond donors (Lipinski definition) is 1. The SMILES string of the molecule is COC(=O)c1cnc(CN)c2ccccc12.Cl.Cl. The Kier molecular flexibility index (Phi) is 6.62. The van der Waals surface area contributed by atoms with Gasteiger partial charge in [0.05, 0.1) is 18.4 Å². The lowest BCUT2D eigenvalue weighted by atomic mass is 10.1. The van der Waals surface area contributed by atoms with E-state index in [2.05, 4.69) is 4.98 Å². The molecule has 0 fully saturated rings. The van der Waals surface area contributed by atoms with Gasteiger partial charge in [-0.1, -0.05) is 24.3 Å². The van der Waals surface area contributed by atoms with E-state index in [1.165, 1.54) is 13.3 Å². The summed E-state index contributed by atoms with van der Waals surface area (Å²) in [4.78, 5) is 15.7. The molecule has 0 bridgehead atoms. The van der Waals surface area contributed by atoms with Gasteiger partial charge in [-0.05, 0) is 5.39 Å². The van der Waals surface area contributed by atoms with Crippen molar-refractivity contribution in [1.29, 1.82) is 0 Å². The van der Waals surface area contributed by atoms with Gasteiger partial charge in [0.1, 0.15) is 0 Å². The lowest BCUT2D eigenvalue weighted by molar-refractivity contribution is 0.0602. The number of esters is 1. The highest BCUT2D eigenvalue weighted by Gasteiger charge is 2.12. The summed E-state index contributed by atoms with van der Waals surface area (Å²) >= 11 is 0. The number of pyridine rings is 1. The van der Waals surface area contributed by atoms with E-state index in [0.717, 1.165) is 16.5 Å². The van der Waals surface area contributed by atoms with Gasteiger partial charge in [-0.15, -0.1) is 24.8 Å². The summed E-state index contributed by atoms with van der Waals surface area (Å²) in [5, 5.41) is 1.72. The molecule has 2 aromatic rings. The Morgan fingerprint density at radius 3 is 2.44 bits per heavy atom. The van der Waals surface area contributed by atoms with E-state index >= 15 is 0 Å². The van der Waals surface area contributed by atoms with Crippen LogP contribution >= 0.6 is 24.8 Å². The maximum atomic E-state index is 11.5. The van der Waals surface area contributed by atoms with Gasteiger partial charge in [0, 0.05) is 18.1 Å². The lowest BCUT2D eigenvalue weighted by Gasteiger charge is -2.07. The number of rotatable bonds is 2. The molecule has 0 aliphatic carbocycles. The monoisotopic (exact) mass is 288 g/mol. The largest absolute Gasteiger partial charge is 0.465 e. The molecule has 18 heavy (non-hydrogen) atoms. The zero-order valence-corrected chi connectivity index (χ0v) is 11.4. The molecule has 0 unspecified atom stereocenters. The fraction of sp³-hybridized carbons (Fsp3) is 0.167. The predicted octanol–water partition coefficient (Wildman–Crippen LogP) is 2.32. The molecule has 6 heteroatoms. The highest BCUT2D eigenvalue weighted by Crippen LogP contribution is 2.21. The number of methoxy groups -OCH3 is 1. The average Bonchev–Trinajstić information content (AvgIpc) is 2.36. The lowest BCUT2D eigenvalue weighted by Crippen LogP contribution is -2.06. The van der Waals surface area contributed by atoms with E-state index in [1.807, 2.05) is 24.3 Å². The molecule has 2 N–H and O–H groups in total. The van der Waals surface area contributed by atoms with Crippen molar-refractivity contribution in [2.24, 2.45) is 5.73 Å². The van der Waals surface area contributed by atoms with Crippen LogP contribution in [0.5, 0.6) is 0 Å². The molecular weight excluding hydrogens is 275 g/mol. The molecule has 0 saturated carbocycles. The fourth-order valence-electron chi connectivity index (χ4n) is 1.69. The number of fused-ring (bicyclic) bond motifs is 1. The summed E-state index contributed by atoms with van der Waals surface area (Å²) in [7, 11) is 1.36. The molecule has 0 atom stereocenters. The number of aromatic nitrogens is 1. The molecule has 0 aliphatic heterocycles. The Labute approximate surface area is 117 Å². The highest BCUT2D eigenvalue weighted by atomic mass is 35.5. The second kappa shape index (κ2) is 7.16. The molecule has 0 radical (unpaired) electrons. The summed E-state index contributed by atoms with van der Waals surface area (Å²) in [5.74, 6) is -0.382. The normalized spacial score (nSPS) is 9.22. The van der Waals surface area contributed by atoms with Crippen molar-refractivity contribution >= 4 is 41.6 Å². The Hall–Kier alpha value is -1.36. The number of ether oxygens (including phenoxy) is 1. The average molecular weight is 289 g/mol. The van der Waals surface area contributed by atoms with E-state index in [9.17, 15) is 4.79 Å². The van der Waals surface area contributed by atoms with Crippen molar-refractivity contribution in [3.63, 3.8) is 0 Å². The van der Waals surface area contributed by atoms with E-state index in [-0.39, 0.29) is 30.8 Å². The molecule has 98 valence electrons. The van der Waals surface area contributed by atoms with Gasteiger partial charge >= 0.3 is 5.97 Å². The van der Waals surface area contributed by atoms with Crippen LogP contribution in [0.3, 0.4) is 0 Å². The number of benzene rings is 1. The first-order valence-electron chi connectivity index (χ1n) is 4.93. The summed E-state index contributed by atoms with van der Waals surface area (Å²) in [6.45, 7) is 0.349. The van der Waals surface area contributed by atoms with Crippen LogP contribution in [-0.4, -0.2) is 18.1 Å². The molecule has 0 amide bonds. The van der Waals surface area contributed by atoms with Gasteiger partial charge in [0.15, 0.2) is 0 Å². The molecule has 1 aromatic heterocycles. The van der Waals surface area contributed by atoms with Gasteiger partial charge in [0.2, 0.25) is 0 Å². The van der Waals surface area contributed by atoms with Crippen molar-refractivity contribution in [2.45, 2.75) is 6.54 Å². The van der Waals surface area contributed by atoms with Crippen LogP contribution in [-0.2, 0) is 11.3 Å². The van der Waals surface area contributed by atoms with E-state index in [0.29, 0.717) is 12.1 Å². The molecule has 0 saturated heterocycles. The summed E-state index contributed by atoms with van der Waals surface area (Å²) in [6.07, 6.45) is 1.51. The highest BCUT2D eigenvalue weighted by molar-refractivity contribution is 6.04. The Bertz CT molecular complexity index is 547. The topological polar surface area (TPSA) is 65.2 Å². The molecule has 1 aromatic carbocycles. The quantitative estimate of drug-likeness (QED) is 0.862. The van der Waals surface area contributed by atoms with Crippen molar-refractivity contribution < 1.29 is 9.53 Å².